The quantitative estimate of drug-likeness (QED) is 0.679. The van der Waals surface area contributed by atoms with Gasteiger partial charge in [-0.3, -0.25) is 18.9 Å². The Hall–Kier alpha value is -1.35. The zero-order valence-corrected chi connectivity index (χ0v) is 15.8. The van der Waals surface area contributed by atoms with Crippen LogP contribution in [0.4, 0.5) is 8.78 Å². The SMILES string of the molecule is CCOP(=O)(OCC)C(F)(F)C[C@@H]1CCC(n2cc(C)c(=O)[nH]c2=O)O1. The van der Waals surface area contributed by atoms with E-state index in [1.54, 1.807) is 0 Å². The first-order valence-corrected chi connectivity index (χ1v) is 9.92. The van der Waals surface area contributed by atoms with Crippen molar-refractivity contribution < 1.29 is 27.1 Å². The summed E-state index contributed by atoms with van der Waals surface area (Å²) in [6.07, 6.45) is -0.681. The highest BCUT2D eigenvalue weighted by atomic mass is 31.2. The molecule has 0 spiro atoms. The molecule has 1 aromatic heterocycles. The van der Waals surface area contributed by atoms with Crippen molar-refractivity contribution in [3.8, 4) is 0 Å². The molecule has 0 aliphatic carbocycles. The van der Waals surface area contributed by atoms with Crippen molar-refractivity contribution in [1.82, 2.24) is 9.55 Å². The first kappa shape index (κ1) is 21.0. The van der Waals surface area contributed by atoms with Crippen LogP contribution in [0.1, 0.15) is 44.9 Å². The Labute approximate surface area is 149 Å². The fourth-order valence-corrected chi connectivity index (χ4v) is 4.35. The summed E-state index contributed by atoms with van der Waals surface area (Å²) in [5, 5.41) is 0. The molecular weight excluding hydrogens is 373 g/mol. The van der Waals surface area contributed by atoms with Crippen molar-refractivity contribution in [2.75, 3.05) is 13.2 Å². The van der Waals surface area contributed by atoms with Crippen LogP contribution in [0, 0.1) is 6.92 Å². The fraction of sp³-hybridized carbons (Fsp3) is 0.733. The molecule has 8 nitrogen and oxygen atoms in total. The third-order valence-corrected chi connectivity index (χ3v) is 6.19. The highest BCUT2D eigenvalue weighted by Crippen LogP contribution is 2.64. The molecule has 1 saturated heterocycles. The average Bonchev–Trinajstić information content (AvgIpc) is 2.98. The number of alkyl halides is 2. The van der Waals surface area contributed by atoms with Gasteiger partial charge in [-0.2, -0.15) is 8.78 Å². The summed E-state index contributed by atoms with van der Waals surface area (Å²) in [5.41, 5.74) is -4.60. The van der Waals surface area contributed by atoms with E-state index in [1.807, 2.05) is 0 Å². The molecule has 1 N–H and O–H groups in total. The third-order valence-electron chi connectivity index (χ3n) is 4.01. The first-order valence-electron chi connectivity index (χ1n) is 8.38. The summed E-state index contributed by atoms with van der Waals surface area (Å²) < 4.78 is 57.6. The Morgan fingerprint density at radius 2 is 1.92 bits per heavy atom. The normalized spacial score (nSPS) is 21.3. The maximum atomic E-state index is 14.5. The molecule has 1 aliphatic heterocycles. The van der Waals surface area contributed by atoms with Crippen LogP contribution in [0.2, 0.25) is 0 Å². The molecule has 0 amide bonds. The predicted octanol–water partition coefficient (Wildman–Crippen LogP) is 2.77. The van der Waals surface area contributed by atoms with Gasteiger partial charge in [0, 0.05) is 18.2 Å². The molecule has 0 saturated carbocycles. The van der Waals surface area contributed by atoms with E-state index in [1.165, 1.54) is 31.5 Å². The molecule has 0 radical (unpaired) electrons. The molecule has 1 aromatic rings. The van der Waals surface area contributed by atoms with Crippen molar-refractivity contribution >= 4 is 7.60 Å². The van der Waals surface area contributed by atoms with Gasteiger partial charge >= 0.3 is 18.9 Å². The Kier molecular flexibility index (Phi) is 6.55. The van der Waals surface area contributed by atoms with E-state index in [0.717, 1.165) is 0 Å². The maximum Gasteiger partial charge on any atom is 0.399 e. The van der Waals surface area contributed by atoms with Crippen LogP contribution in [-0.4, -0.2) is 34.5 Å². The van der Waals surface area contributed by atoms with Crippen molar-refractivity contribution in [2.45, 2.75) is 58.0 Å². The Morgan fingerprint density at radius 3 is 2.50 bits per heavy atom. The van der Waals surface area contributed by atoms with Crippen LogP contribution in [-0.2, 0) is 18.3 Å². The second kappa shape index (κ2) is 8.12. The van der Waals surface area contributed by atoms with Crippen LogP contribution in [0.5, 0.6) is 0 Å². The number of halogens is 2. The van der Waals surface area contributed by atoms with E-state index in [2.05, 4.69) is 4.98 Å². The smallest absolute Gasteiger partial charge is 0.354 e. The van der Waals surface area contributed by atoms with Crippen LogP contribution in [0.3, 0.4) is 0 Å². The van der Waals surface area contributed by atoms with Crippen molar-refractivity contribution in [3.05, 3.63) is 32.6 Å². The van der Waals surface area contributed by atoms with Gasteiger partial charge in [0.1, 0.15) is 6.23 Å². The second-order valence-electron chi connectivity index (χ2n) is 5.97. The number of H-pyrrole nitrogens is 1. The van der Waals surface area contributed by atoms with E-state index in [-0.39, 0.29) is 19.6 Å². The molecule has 1 fully saturated rings. The van der Waals surface area contributed by atoms with E-state index in [9.17, 15) is 22.9 Å². The minimum absolute atomic E-state index is 0.174. The topological polar surface area (TPSA) is 99.6 Å². The van der Waals surface area contributed by atoms with Gasteiger partial charge in [0.15, 0.2) is 0 Å². The van der Waals surface area contributed by atoms with Crippen molar-refractivity contribution in [1.29, 1.82) is 0 Å². The summed E-state index contributed by atoms with van der Waals surface area (Å²) in [6.45, 7) is 4.08. The Bertz CT molecular complexity index is 783. The monoisotopic (exact) mass is 396 g/mol. The Morgan fingerprint density at radius 1 is 1.31 bits per heavy atom. The fourth-order valence-electron chi connectivity index (χ4n) is 2.79. The number of ether oxygens (including phenoxy) is 1. The molecule has 148 valence electrons. The largest absolute Gasteiger partial charge is 0.399 e. The van der Waals surface area contributed by atoms with Gasteiger partial charge in [-0.05, 0) is 33.6 Å². The van der Waals surface area contributed by atoms with Crippen LogP contribution < -0.4 is 11.2 Å². The molecule has 2 heterocycles. The van der Waals surface area contributed by atoms with Gasteiger partial charge in [0.2, 0.25) is 0 Å². The van der Waals surface area contributed by atoms with E-state index in [4.69, 9.17) is 13.8 Å². The maximum absolute atomic E-state index is 14.5. The van der Waals surface area contributed by atoms with Crippen LogP contribution >= 0.6 is 7.60 Å². The molecule has 1 aliphatic rings. The highest BCUT2D eigenvalue weighted by molar-refractivity contribution is 7.55. The first-order chi connectivity index (χ1) is 12.1. The molecule has 26 heavy (non-hydrogen) atoms. The molecule has 2 atom stereocenters. The van der Waals surface area contributed by atoms with E-state index in [0.29, 0.717) is 12.0 Å². The zero-order valence-electron chi connectivity index (χ0n) is 14.9. The number of aromatic amines is 1. The standard InChI is InChI=1S/C15H23F2N2O6P/c1-4-23-26(22,24-5-2)15(16,17)8-11-6-7-12(25-11)19-9-10(3)13(20)18-14(19)21/h9,11-12H,4-8H2,1-3H3,(H,18,20,21)/t11-,12?/m0/s1. The minimum Gasteiger partial charge on any atom is -0.354 e. The lowest BCUT2D eigenvalue weighted by Gasteiger charge is -2.27. The summed E-state index contributed by atoms with van der Waals surface area (Å²) in [6, 6.07) is 0. The molecule has 2 rings (SSSR count). The predicted molar refractivity (Wildman–Crippen MR) is 89.6 cm³/mol. The molecule has 1 unspecified atom stereocenters. The lowest BCUT2D eigenvalue weighted by Crippen LogP contribution is -2.33. The Balaban J connectivity index is 2.13. The molecule has 0 aromatic carbocycles. The number of aryl methyl sites for hydroxylation is 1. The number of aromatic nitrogens is 2. The number of hydrogen-bond acceptors (Lipinski definition) is 6. The number of hydrogen-bond donors (Lipinski definition) is 1. The summed E-state index contributed by atoms with van der Waals surface area (Å²) in [7, 11) is -4.62. The third kappa shape index (κ3) is 4.31. The van der Waals surface area contributed by atoms with Crippen molar-refractivity contribution in [2.24, 2.45) is 0 Å². The number of nitrogens with zero attached hydrogens (tertiary/aromatic N) is 1. The number of nitrogens with one attached hydrogen (secondary N) is 1. The van der Waals surface area contributed by atoms with E-state index < -0.39 is 43.3 Å². The van der Waals surface area contributed by atoms with Gasteiger partial charge < -0.3 is 13.8 Å². The zero-order chi connectivity index (χ0) is 19.5. The van der Waals surface area contributed by atoms with Crippen LogP contribution in [0.25, 0.3) is 0 Å². The van der Waals surface area contributed by atoms with Gasteiger partial charge in [-0.1, -0.05) is 0 Å². The van der Waals surface area contributed by atoms with Gasteiger partial charge in [0.05, 0.1) is 19.3 Å². The number of rotatable bonds is 8. The summed E-state index contributed by atoms with van der Waals surface area (Å²) in [5.74, 6) is 0. The average molecular weight is 396 g/mol. The lowest BCUT2D eigenvalue weighted by molar-refractivity contribution is -0.0523. The molecular formula is C15H23F2N2O6P. The van der Waals surface area contributed by atoms with Gasteiger partial charge in [-0.25, -0.2) is 4.79 Å². The van der Waals surface area contributed by atoms with Crippen molar-refractivity contribution in [3.63, 3.8) is 0 Å². The lowest BCUT2D eigenvalue weighted by atomic mass is 10.2. The van der Waals surface area contributed by atoms with Gasteiger partial charge in [-0.15, -0.1) is 0 Å². The summed E-state index contributed by atoms with van der Waals surface area (Å²) >= 11 is 0. The van der Waals surface area contributed by atoms with E-state index >= 15 is 0 Å². The minimum atomic E-state index is -4.62. The summed E-state index contributed by atoms with van der Waals surface area (Å²) in [4.78, 5) is 25.5. The molecule has 11 heteroatoms. The second-order valence-corrected chi connectivity index (χ2v) is 8.14. The van der Waals surface area contributed by atoms with Gasteiger partial charge in [0.25, 0.3) is 5.56 Å². The van der Waals surface area contributed by atoms with Crippen LogP contribution in [0.15, 0.2) is 15.8 Å². The highest BCUT2D eigenvalue weighted by Gasteiger charge is 2.55. The molecule has 0 bridgehead atoms.